The molecule has 2 aliphatic heterocycles. The highest BCUT2D eigenvalue weighted by Crippen LogP contribution is 2.39. The van der Waals surface area contributed by atoms with Gasteiger partial charge in [0.05, 0.1) is 10.6 Å². The normalized spacial score (nSPS) is 20.9. The predicted octanol–water partition coefficient (Wildman–Crippen LogP) is 5.65. The summed E-state index contributed by atoms with van der Waals surface area (Å²) in [7, 11) is 0. The molecule has 2 amide bonds. The second-order valence-corrected chi connectivity index (χ2v) is 11.2. The Morgan fingerprint density at radius 1 is 1.05 bits per heavy atom. The summed E-state index contributed by atoms with van der Waals surface area (Å²) in [5, 5.41) is 7.31. The number of amides is 2. The van der Waals surface area contributed by atoms with Gasteiger partial charge in [-0.3, -0.25) is 9.59 Å². The lowest BCUT2D eigenvalue weighted by atomic mass is 9.96. The number of nitrogens with zero attached hydrogens (tertiary/aromatic N) is 2. The number of anilines is 1. The highest BCUT2D eigenvalue weighted by atomic mass is 35.5. The molecular formula is C29H30ClF3N4O3. The van der Waals surface area contributed by atoms with E-state index in [-0.39, 0.29) is 29.6 Å². The van der Waals surface area contributed by atoms with E-state index in [9.17, 15) is 22.8 Å². The summed E-state index contributed by atoms with van der Waals surface area (Å²) in [5.74, 6) is 0.0498. The second-order valence-electron chi connectivity index (χ2n) is 10.8. The van der Waals surface area contributed by atoms with Gasteiger partial charge in [0.25, 0.3) is 11.8 Å². The van der Waals surface area contributed by atoms with Crippen LogP contribution < -0.4 is 20.3 Å². The minimum Gasteiger partial charge on any atom is -0.476 e. The summed E-state index contributed by atoms with van der Waals surface area (Å²) in [5.41, 5.74) is -1.09. The number of nitrogens with one attached hydrogen (secondary N) is 2. The molecule has 2 N–H and O–H groups in total. The Morgan fingerprint density at radius 2 is 1.75 bits per heavy atom. The lowest BCUT2D eigenvalue weighted by Gasteiger charge is -2.40. The van der Waals surface area contributed by atoms with Crippen LogP contribution in [0.1, 0.15) is 49.9 Å². The maximum atomic E-state index is 13.3. The molecule has 2 aliphatic rings. The third-order valence-corrected chi connectivity index (χ3v) is 7.92. The van der Waals surface area contributed by atoms with Crippen LogP contribution in [0.5, 0.6) is 5.75 Å². The van der Waals surface area contributed by atoms with Gasteiger partial charge in [-0.25, -0.2) is 4.98 Å². The van der Waals surface area contributed by atoms with Crippen LogP contribution in [0.4, 0.5) is 19.0 Å². The molecule has 1 aromatic heterocycles. The average molecular weight is 575 g/mol. The monoisotopic (exact) mass is 574 g/mol. The maximum absolute atomic E-state index is 13.3. The first-order valence-electron chi connectivity index (χ1n) is 13.2. The highest BCUT2D eigenvalue weighted by molar-refractivity contribution is 6.37. The number of hydrogen-bond acceptors (Lipinski definition) is 5. The number of carbonyl (C=O) groups is 2. The zero-order valence-electron chi connectivity index (χ0n) is 22.1. The van der Waals surface area contributed by atoms with Crippen LogP contribution in [0.15, 0.2) is 54.7 Å². The molecule has 2 saturated heterocycles. The number of pyridine rings is 1. The first kappa shape index (κ1) is 28.0. The minimum absolute atomic E-state index is 0.0522. The van der Waals surface area contributed by atoms with E-state index in [4.69, 9.17) is 16.3 Å². The van der Waals surface area contributed by atoms with Crippen molar-refractivity contribution >= 4 is 40.0 Å². The Labute approximate surface area is 235 Å². The highest BCUT2D eigenvalue weighted by Gasteiger charge is 2.43. The molecule has 5 rings (SSSR count). The first-order chi connectivity index (χ1) is 18.9. The van der Waals surface area contributed by atoms with Gasteiger partial charge in [-0.05, 0) is 63.1 Å². The van der Waals surface area contributed by atoms with E-state index >= 15 is 0 Å². The van der Waals surface area contributed by atoms with E-state index in [0.717, 1.165) is 23.6 Å². The number of rotatable bonds is 7. The fraction of sp³-hybridized carbons (Fsp3) is 0.414. The van der Waals surface area contributed by atoms with Crippen molar-refractivity contribution in [1.82, 2.24) is 15.6 Å². The van der Waals surface area contributed by atoms with Crippen LogP contribution in [0.3, 0.4) is 0 Å². The van der Waals surface area contributed by atoms with Crippen LogP contribution in [0.2, 0.25) is 5.02 Å². The van der Waals surface area contributed by atoms with Crippen LogP contribution in [-0.2, 0) is 4.79 Å². The molecule has 3 atom stereocenters. The Morgan fingerprint density at radius 3 is 2.40 bits per heavy atom. The topological polar surface area (TPSA) is 83.6 Å². The van der Waals surface area contributed by atoms with Gasteiger partial charge in [0, 0.05) is 29.7 Å². The van der Waals surface area contributed by atoms with Crippen LogP contribution in [0, 0.1) is 0 Å². The third-order valence-electron chi connectivity index (χ3n) is 7.53. The summed E-state index contributed by atoms with van der Waals surface area (Å²) in [6.07, 6.45) is 0.103. The number of benzene rings is 2. The molecule has 0 saturated carbocycles. The number of carbonyl (C=O) groups excluding carboxylic acids is 2. The number of halogens is 4. The summed E-state index contributed by atoms with van der Waals surface area (Å²) in [6, 6.07) is 14.8. The van der Waals surface area contributed by atoms with Crippen LogP contribution >= 0.6 is 11.6 Å². The number of fused-ring (bicyclic) bond motifs is 3. The van der Waals surface area contributed by atoms with Gasteiger partial charge in [-0.15, -0.1) is 0 Å². The Kier molecular flexibility index (Phi) is 7.56. The van der Waals surface area contributed by atoms with E-state index in [1.807, 2.05) is 35.6 Å². The van der Waals surface area contributed by atoms with Gasteiger partial charge >= 0.3 is 6.18 Å². The molecule has 1 unspecified atom stereocenters. The molecule has 212 valence electrons. The Hall–Kier alpha value is -3.53. The fourth-order valence-corrected chi connectivity index (χ4v) is 5.87. The molecule has 2 aromatic carbocycles. The SMILES string of the molecule is CC(C)(Oc1ccc2ccccc2c1Cl)C(=O)NC1C[C@H]2CC[C@@H](C1)N2c1ccc(C(=O)NCC(F)(F)F)cn1. The number of hydrogen-bond donors (Lipinski definition) is 2. The van der Waals surface area contributed by atoms with Crippen molar-refractivity contribution in [2.24, 2.45) is 0 Å². The zero-order valence-corrected chi connectivity index (χ0v) is 22.9. The van der Waals surface area contributed by atoms with Crippen LogP contribution in [-0.4, -0.2) is 53.2 Å². The molecule has 3 heterocycles. The molecule has 0 spiro atoms. The minimum atomic E-state index is -4.48. The largest absolute Gasteiger partial charge is 0.476 e. The van der Waals surface area contributed by atoms with E-state index < -0.39 is 24.2 Å². The van der Waals surface area contributed by atoms with Gasteiger partial charge in [-0.2, -0.15) is 13.2 Å². The van der Waals surface area contributed by atoms with Gasteiger partial charge < -0.3 is 20.3 Å². The predicted molar refractivity (Wildman–Crippen MR) is 147 cm³/mol. The van der Waals surface area contributed by atoms with Crippen molar-refractivity contribution < 1.29 is 27.5 Å². The number of ether oxygens (including phenoxy) is 1. The van der Waals surface area contributed by atoms with E-state index in [2.05, 4.69) is 15.2 Å². The lowest BCUT2D eigenvalue weighted by molar-refractivity contribution is -0.135. The molecule has 0 aliphatic carbocycles. The quantitative estimate of drug-likeness (QED) is 0.381. The number of aromatic nitrogens is 1. The molecule has 2 bridgehead atoms. The average Bonchev–Trinajstić information content (AvgIpc) is 3.18. The van der Waals surface area contributed by atoms with Crippen molar-refractivity contribution in [2.45, 2.75) is 69.4 Å². The fourth-order valence-electron chi connectivity index (χ4n) is 5.60. The van der Waals surface area contributed by atoms with E-state index in [1.165, 1.54) is 12.3 Å². The lowest BCUT2D eigenvalue weighted by Crippen LogP contribution is -2.55. The van der Waals surface area contributed by atoms with Crippen molar-refractivity contribution in [1.29, 1.82) is 0 Å². The first-order valence-corrected chi connectivity index (χ1v) is 13.6. The Balaban J connectivity index is 1.20. The van der Waals surface area contributed by atoms with E-state index in [0.29, 0.717) is 29.4 Å². The van der Waals surface area contributed by atoms with Crippen molar-refractivity contribution in [3.8, 4) is 5.75 Å². The smallest absolute Gasteiger partial charge is 0.405 e. The molecule has 2 fully saturated rings. The number of piperidine rings is 1. The molecule has 0 radical (unpaired) electrons. The van der Waals surface area contributed by atoms with Gasteiger partial charge in [0.15, 0.2) is 5.60 Å². The van der Waals surface area contributed by atoms with E-state index in [1.54, 1.807) is 26.0 Å². The second kappa shape index (κ2) is 10.8. The number of alkyl halides is 3. The summed E-state index contributed by atoms with van der Waals surface area (Å²) < 4.78 is 43.3. The zero-order chi connectivity index (χ0) is 28.7. The van der Waals surface area contributed by atoms with Crippen molar-refractivity contribution in [3.05, 3.63) is 65.3 Å². The van der Waals surface area contributed by atoms with Crippen molar-refractivity contribution in [2.75, 3.05) is 11.4 Å². The molecule has 11 heteroatoms. The standard InChI is InChI=1S/C29H30ClF3N4O3/c1-28(2,40-23-11-7-17-5-3-4-6-22(17)25(23)30)27(39)36-19-13-20-9-10-21(14-19)37(20)24-12-8-18(15-34-24)26(38)35-16-29(31,32)33/h3-8,11-12,15,19-21H,9-10,13-14,16H2,1-2H3,(H,35,38)(H,36,39)/t19?,20-,21+. The van der Waals surface area contributed by atoms with Crippen molar-refractivity contribution in [3.63, 3.8) is 0 Å². The van der Waals surface area contributed by atoms with Gasteiger partial charge in [-0.1, -0.05) is 41.9 Å². The molecule has 7 nitrogen and oxygen atoms in total. The maximum Gasteiger partial charge on any atom is 0.405 e. The van der Waals surface area contributed by atoms with Crippen LogP contribution in [0.25, 0.3) is 10.8 Å². The summed E-state index contributed by atoms with van der Waals surface area (Å²) in [6.45, 7) is 2.04. The Bertz CT molecular complexity index is 1400. The molecular weight excluding hydrogens is 545 g/mol. The summed E-state index contributed by atoms with van der Waals surface area (Å²) in [4.78, 5) is 31.9. The molecule has 40 heavy (non-hydrogen) atoms. The van der Waals surface area contributed by atoms with Gasteiger partial charge in [0.2, 0.25) is 0 Å². The molecule has 3 aromatic rings. The van der Waals surface area contributed by atoms with Gasteiger partial charge in [0.1, 0.15) is 18.1 Å². The third kappa shape index (κ3) is 5.96. The summed E-state index contributed by atoms with van der Waals surface area (Å²) >= 11 is 6.59.